The van der Waals surface area contributed by atoms with Gasteiger partial charge in [-0.2, -0.15) is 5.10 Å². The van der Waals surface area contributed by atoms with E-state index in [2.05, 4.69) is 36.3 Å². The molecule has 0 saturated heterocycles. The number of fused-ring (bicyclic) bond motifs is 1. The lowest BCUT2D eigenvalue weighted by molar-refractivity contribution is -0.139. The number of hydrogen-bond donors (Lipinski definition) is 3. The third kappa shape index (κ3) is 3.83. The molecule has 0 bridgehead atoms. The topological polar surface area (TPSA) is 95.8 Å². The Kier molecular flexibility index (Phi) is 5.23. The molecule has 4 rings (SSSR count). The number of rotatable bonds is 7. The molecule has 0 spiro atoms. The van der Waals surface area contributed by atoms with Gasteiger partial charge in [0, 0.05) is 34.5 Å². The van der Waals surface area contributed by atoms with Gasteiger partial charge in [0.25, 0.3) is 0 Å². The highest BCUT2D eigenvalue weighted by Crippen LogP contribution is 2.27. The smallest absolute Gasteiger partial charge is 0.321 e. The maximum absolute atomic E-state index is 11.8. The molecule has 0 aliphatic carbocycles. The summed E-state index contributed by atoms with van der Waals surface area (Å²) < 4.78 is 2.63. The van der Waals surface area contributed by atoms with Gasteiger partial charge >= 0.3 is 5.97 Å². The summed E-state index contributed by atoms with van der Waals surface area (Å²) >= 11 is 3.55. The fourth-order valence-corrected chi connectivity index (χ4v) is 3.81. The highest BCUT2D eigenvalue weighted by Gasteiger charge is 2.20. The summed E-state index contributed by atoms with van der Waals surface area (Å²) in [5.74, 6) is -0.874. The van der Waals surface area contributed by atoms with E-state index in [-0.39, 0.29) is 0 Å². The molecule has 0 saturated carbocycles. The van der Waals surface area contributed by atoms with Crippen LogP contribution in [0.5, 0.6) is 0 Å². The van der Waals surface area contributed by atoms with Crippen molar-refractivity contribution < 1.29 is 9.90 Å². The van der Waals surface area contributed by atoms with Gasteiger partial charge in [0.1, 0.15) is 18.7 Å². The van der Waals surface area contributed by atoms with Crippen molar-refractivity contribution in [3.8, 4) is 5.69 Å². The number of carbonyl (C=O) groups is 1. The van der Waals surface area contributed by atoms with Crippen LogP contribution in [0, 0.1) is 0 Å². The summed E-state index contributed by atoms with van der Waals surface area (Å²) in [6.45, 7) is 0.456. The zero-order valence-corrected chi connectivity index (χ0v) is 16.4. The van der Waals surface area contributed by atoms with Gasteiger partial charge in [-0.05, 0) is 35.4 Å². The van der Waals surface area contributed by atoms with Crippen LogP contribution in [0.2, 0.25) is 0 Å². The van der Waals surface area contributed by atoms with Crippen LogP contribution in [0.3, 0.4) is 0 Å². The zero-order chi connectivity index (χ0) is 19.5. The number of H-pyrrole nitrogens is 1. The summed E-state index contributed by atoms with van der Waals surface area (Å²) in [6.07, 6.45) is 5.37. The van der Waals surface area contributed by atoms with E-state index in [4.69, 9.17) is 0 Å². The molecule has 2 aromatic heterocycles. The van der Waals surface area contributed by atoms with Crippen LogP contribution in [-0.4, -0.2) is 36.9 Å². The van der Waals surface area contributed by atoms with Crippen molar-refractivity contribution in [1.82, 2.24) is 25.1 Å². The predicted octanol–water partition coefficient (Wildman–Crippen LogP) is 3.30. The number of nitrogens with one attached hydrogen (secondary N) is 2. The van der Waals surface area contributed by atoms with Gasteiger partial charge < -0.3 is 15.4 Å². The van der Waals surface area contributed by atoms with E-state index in [0.717, 1.165) is 32.2 Å². The molecule has 4 aromatic rings. The first-order valence-electron chi connectivity index (χ1n) is 8.76. The Morgan fingerprint density at radius 3 is 2.79 bits per heavy atom. The Morgan fingerprint density at radius 1 is 1.25 bits per heavy atom. The molecule has 0 amide bonds. The molecule has 142 valence electrons. The van der Waals surface area contributed by atoms with E-state index in [1.165, 1.54) is 6.33 Å². The maximum Gasteiger partial charge on any atom is 0.321 e. The van der Waals surface area contributed by atoms with Gasteiger partial charge in [-0.25, -0.2) is 9.67 Å². The molecule has 0 fully saturated rings. The molecular weight excluding hydrogens is 422 g/mol. The lowest BCUT2D eigenvalue weighted by Crippen LogP contribution is -2.38. The van der Waals surface area contributed by atoms with Crippen molar-refractivity contribution in [1.29, 1.82) is 0 Å². The Balaban J connectivity index is 1.46. The fraction of sp³-hybridized carbons (Fsp3) is 0.150. The lowest BCUT2D eigenvalue weighted by Gasteiger charge is -2.15. The van der Waals surface area contributed by atoms with Crippen LogP contribution in [-0.2, 0) is 17.8 Å². The Bertz CT molecular complexity index is 1090. The number of carboxylic acid groups (broad SMARTS) is 1. The number of halogens is 1. The third-order valence-corrected chi connectivity index (χ3v) is 5.29. The molecule has 0 radical (unpaired) electrons. The van der Waals surface area contributed by atoms with Gasteiger partial charge in [-0.1, -0.05) is 34.1 Å². The quantitative estimate of drug-likeness (QED) is 0.410. The standard InChI is InChI=1S/C20H18BrN5O2/c21-16-2-1-3-17-19(16)14(10-24-17)8-18(20(27)28)23-9-13-4-6-15(7-5-13)26-12-22-11-25-26/h1-7,10-12,18,23-24H,8-9H2,(H,27,28). The second kappa shape index (κ2) is 7.95. The number of hydrogen-bond acceptors (Lipinski definition) is 4. The van der Waals surface area contributed by atoms with Crippen molar-refractivity contribution in [3.05, 3.63) is 76.9 Å². The van der Waals surface area contributed by atoms with Crippen LogP contribution in [0.25, 0.3) is 16.6 Å². The van der Waals surface area contributed by atoms with Crippen LogP contribution < -0.4 is 5.32 Å². The van der Waals surface area contributed by atoms with Crippen molar-refractivity contribution in [3.63, 3.8) is 0 Å². The molecule has 2 heterocycles. The number of aromatic nitrogens is 4. The Morgan fingerprint density at radius 2 is 2.07 bits per heavy atom. The summed E-state index contributed by atoms with van der Waals surface area (Å²) in [6, 6.07) is 12.9. The van der Waals surface area contributed by atoms with Crippen molar-refractivity contribution in [2.45, 2.75) is 19.0 Å². The highest BCUT2D eigenvalue weighted by molar-refractivity contribution is 9.10. The molecular formula is C20H18BrN5O2. The first-order chi connectivity index (χ1) is 13.6. The second-order valence-electron chi connectivity index (χ2n) is 6.46. The average Bonchev–Trinajstić information content (AvgIpc) is 3.36. The van der Waals surface area contributed by atoms with E-state index in [1.807, 2.05) is 48.7 Å². The molecule has 8 heteroatoms. The Labute approximate surface area is 169 Å². The predicted molar refractivity (Wildman–Crippen MR) is 109 cm³/mol. The van der Waals surface area contributed by atoms with Crippen molar-refractivity contribution in [2.75, 3.05) is 0 Å². The second-order valence-corrected chi connectivity index (χ2v) is 7.31. The average molecular weight is 440 g/mol. The maximum atomic E-state index is 11.8. The Hall–Kier alpha value is -2.97. The van der Waals surface area contributed by atoms with Crippen LogP contribution in [0.1, 0.15) is 11.1 Å². The number of nitrogens with zero attached hydrogens (tertiary/aromatic N) is 3. The minimum atomic E-state index is -0.874. The molecule has 2 aromatic carbocycles. The van der Waals surface area contributed by atoms with E-state index >= 15 is 0 Å². The summed E-state index contributed by atoms with van der Waals surface area (Å²) in [7, 11) is 0. The first kappa shape index (κ1) is 18.4. The fourth-order valence-electron chi connectivity index (χ4n) is 3.18. The molecule has 28 heavy (non-hydrogen) atoms. The van der Waals surface area contributed by atoms with Gasteiger partial charge in [-0.3, -0.25) is 4.79 Å². The van der Waals surface area contributed by atoms with E-state index in [0.29, 0.717) is 13.0 Å². The van der Waals surface area contributed by atoms with E-state index in [1.54, 1.807) is 11.0 Å². The monoisotopic (exact) mass is 439 g/mol. The first-order valence-corrected chi connectivity index (χ1v) is 9.56. The zero-order valence-electron chi connectivity index (χ0n) is 14.8. The van der Waals surface area contributed by atoms with E-state index < -0.39 is 12.0 Å². The van der Waals surface area contributed by atoms with Crippen molar-refractivity contribution in [2.24, 2.45) is 0 Å². The third-order valence-electron chi connectivity index (χ3n) is 4.63. The molecule has 0 aliphatic rings. The largest absolute Gasteiger partial charge is 0.480 e. The van der Waals surface area contributed by atoms with Crippen LogP contribution in [0.4, 0.5) is 0 Å². The van der Waals surface area contributed by atoms with Gasteiger partial charge in [-0.15, -0.1) is 0 Å². The van der Waals surface area contributed by atoms with Crippen LogP contribution >= 0.6 is 15.9 Å². The molecule has 7 nitrogen and oxygen atoms in total. The van der Waals surface area contributed by atoms with Crippen molar-refractivity contribution >= 4 is 32.8 Å². The molecule has 1 unspecified atom stereocenters. The highest BCUT2D eigenvalue weighted by atomic mass is 79.9. The summed E-state index contributed by atoms with van der Waals surface area (Å²) in [4.78, 5) is 18.9. The minimum absolute atomic E-state index is 0.384. The lowest BCUT2D eigenvalue weighted by atomic mass is 10.0. The number of aromatic amines is 1. The SMILES string of the molecule is O=C(O)C(Cc1c[nH]c2cccc(Br)c12)NCc1ccc(-n2cncn2)cc1. The van der Waals surface area contributed by atoms with Gasteiger partial charge in [0.05, 0.1) is 5.69 Å². The number of benzene rings is 2. The number of carboxylic acids is 1. The minimum Gasteiger partial charge on any atom is -0.480 e. The van der Waals surface area contributed by atoms with Gasteiger partial charge in [0.15, 0.2) is 0 Å². The van der Waals surface area contributed by atoms with Gasteiger partial charge in [0.2, 0.25) is 0 Å². The molecule has 1 atom stereocenters. The summed E-state index contributed by atoms with van der Waals surface area (Å²) in [5.41, 5.74) is 3.84. The number of aliphatic carboxylic acids is 1. The van der Waals surface area contributed by atoms with Crippen LogP contribution in [0.15, 0.2) is 65.8 Å². The normalized spacial score (nSPS) is 12.3. The molecule has 0 aliphatic heterocycles. The molecule has 3 N–H and O–H groups in total. The van der Waals surface area contributed by atoms with E-state index in [9.17, 15) is 9.90 Å². The summed E-state index contributed by atoms with van der Waals surface area (Å²) in [5, 5.41) is 17.9.